The van der Waals surface area contributed by atoms with Gasteiger partial charge in [0.1, 0.15) is 5.75 Å². The van der Waals surface area contributed by atoms with Gasteiger partial charge in [0.25, 0.3) is 0 Å². The predicted octanol–water partition coefficient (Wildman–Crippen LogP) is 4.27. The SMILES string of the molecule is NC(=O)C(Cc1ccc(C2CC2)cc1)c1cccc(OC(F)(F)F)c1. The lowest BCUT2D eigenvalue weighted by Crippen LogP contribution is -2.23. The van der Waals surface area contributed by atoms with Crippen LogP contribution in [0.25, 0.3) is 0 Å². The number of carbonyl (C=O) groups is 1. The Balaban J connectivity index is 1.78. The molecule has 3 nitrogen and oxygen atoms in total. The van der Waals surface area contributed by atoms with Gasteiger partial charge >= 0.3 is 6.36 Å². The van der Waals surface area contributed by atoms with E-state index in [9.17, 15) is 18.0 Å². The molecule has 132 valence electrons. The second-order valence-corrected chi connectivity index (χ2v) is 6.30. The van der Waals surface area contributed by atoms with Gasteiger partial charge in [0.15, 0.2) is 0 Å². The summed E-state index contributed by atoms with van der Waals surface area (Å²) in [6.07, 6.45) is -2.04. The molecule has 1 aliphatic carbocycles. The smallest absolute Gasteiger partial charge is 0.406 e. The van der Waals surface area contributed by atoms with Crippen molar-refractivity contribution in [3.8, 4) is 5.75 Å². The molecule has 1 unspecified atom stereocenters. The number of amides is 1. The molecule has 0 spiro atoms. The van der Waals surface area contributed by atoms with Crippen LogP contribution in [-0.2, 0) is 11.2 Å². The van der Waals surface area contributed by atoms with Gasteiger partial charge in [-0.1, -0.05) is 36.4 Å². The van der Waals surface area contributed by atoms with E-state index in [-0.39, 0.29) is 5.75 Å². The molecule has 1 atom stereocenters. The number of nitrogens with two attached hydrogens (primary N) is 1. The summed E-state index contributed by atoms with van der Waals surface area (Å²) in [6, 6.07) is 13.4. The summed E-state index contributed by atoms with van der Waals surface area (Å²) in [5.41, 5.74) is 8.07. The van der Waals surface area contributed by atoms with E-state index in [4.69, 9.17) is 5.73 Å². The Hall–Kier alpha value is -2.50. The Kier molecular flexibility index (Phi) is 4.70. The molecular formula is C19H18F3NO2. The average molecular weight is 349 g/mol. The van der Waals surface area contributed by atoms with Crippen molar-refractivity contribution in [2.75, 3.05) is 0 Å². The molecule has 0 heterocycles. The summed E-state index contributed by atoms with van der Waals surface area (Å²) < 4.78 is 41.0. The van der Waals surface area contributed by atoms with Crippen LogP contribution in [-0.4, -0.2) is 12.3 Å². The molecule has 1 fully saturated rings. The molecule has 6 heteroatoms. The summed E-state index contributed by atoms with van der Waals surface area (Å²) in [4.78, 5) is 11.8. The summed E-state index contributed by atoms with van der Waals surface area (Å²) in [5.74, 6) is -1.03. The number of halogens is 3. The zero-order chi connectivity index (χ0) is 18.0. The van der Waals surface area contributed by atoms with E-state index in [0.29, 0.717) is 17.9 Å². The zero-order valence-electron chi connectivity index (χ0n) is 13.4. The first-order valence-electron chi connectivity index (χ1n) is 8.06. The predicted molar refractivity (Wildman–Crippen MR) is 87.2 cm³/mol. The Bertz CT molecular complexity index is 752. The Morgan fingerprint density at radius 2 is 1.84 bits per heavy atom. The maximum atomic E-state index is 12.4. The van der Waals surface area contributed by atoms with Gasteiger partial charge in [-0.3, -0.25) is 4.79 Å². The molecule has 0 radical (unpaired) electrons. The maximum Gasteiger partial charge on any atom is 0.573 e. The van der Waals surface area contributed by atoms with Gasteiger partial charge in [0.2, 0.25) is 5.91 Å². The number of hydrogen-bond donors (Lipinski definition) is 1. The maximum absolute atomic E-state index is 12.4. The molecule has 1 aliphatic rings. The van der Waals surface area contributed by atoms with E-state index in [0.717, 1.165) is 5.56 Å². The highest BCUT2D eigenvalue weighted by Gasteiger charge is 2.31. The molecule has 2 N–H and O–H groups in total. The standard InChI is InChI=1S/C19H18F3NO2/c20-19(21,22)25-16-3-1-2-15(11-16)17(18(23)24)10-12-4-6-13(7-5-12)14-8-9-14/h1-7,11,14,17H,8-10H2,(H2,23,24). The van der Waals surface area contributed by atoms with Gasteiger partial charge in [-0.2, -0.15) is 0 Å². The van der Waals surface area contributed by atoms with Gasteiger partial charge in [0, 0.05) is 0 Å². The fourth-order valence-electron chi connectivity index (χ4n) is 2.89. The highest BCUT2D eigenvalue weighted by molar-refractivity contribution is 5.82. The Morgan fingerprint density at radius 1 is 1.16 bits per heavy atom. The number of ether oxygens (including phenoxy) is 1. The van der Waals surface area contributed by atoms with Crippen LogP contribution >= 0.6 is 0 Å². The summed E-state index contributed by atoms with van der Waals surface area (Å²) >= 11 is 0. The van der Waals surface area contributed by atoms with Gasteiger partial charge in [-0.05, 0) is 54.0 Å². The number of primary amides is 1. The number of rotatable bonds is 6. The third-order valence-electron chi connectivity index (χ3n) is 4.31. The number of alkyl halides is 3. The minimum Gasteiger partial charge on any atom is -0.406 e. The molecule has 0 aliphatic heterocycles. The summed E-state index contributed by atoms with van der Waals surface area (Å²) in [6.45, 7) is 0. The fourth-order valence-corrected chi connectivity index (χ4v) is 2.89. The lowest BCUT2D eigenvalue weighted by molar-refractivity contribution is -0.274. The third-order valence-corrected chi connectivity index (χ3v) is 4.31. The van der Waals surface area contributed by atoms with Crippen LogP contribution in [0.1, 0.15) is 41.4 Å². The first-order valence-corrected chi connectivity index (χ1v) is 8.06. The second kappa shape index (κ2) is 6.78. The molecule has 3 rings (SSSR count). The van der Waals surface area contributed by atoms with Gasteiger partial charge in [-0.15, -0.1) is 13.2 Å². The van der Waals surface area contributed by atoms with Crippen molar-refractivity contribution in [3.05, 3.63) is 65.2 Å². The van der Waals surface area contributed by atoms with E-state index in [1.54, 1.807) is 6.07 Å². The molecule has 1 saturated carbocycles. The van der Waals surface area contributed by atoms with Crippen molar-refractivity contribution in [2.45, 2.75) is 37.5 Å². The number of carbonyl (C=O) groups excluding carboxylic acids is 1. The average Bonchev–Trinajstić information content (AvgIpc) is 3.36. The second-order valence-electron chi connectivity index (χ2n) is 6.30. The van der Waals surface area contributed by atoms with Crippen LogP contribution in [0.3, 0.4) is 0 Å². The van der Waals surface area contributed by atoms with Crippen molar-refractivity contribution in [1.82, 2.24) is 0 Å². The Morgan fingerprint density at radius 3 is 2.40 bits per heavy atom. The third kappa shape index (κ3) is 4.75. The molecule has 0 bridgehead atoms. The molecule has 25 heavy (non-hydrogen) atoms. The molecule has 0 aromatic heterocycles. The summed E-state index contributed by atoms with van der Waals surface area (Å²) in [5, 5.41) is 0. The van der Waals surface area contributed by atoms with E-state index in [1.165, 1.54) is 36.6 Å². The van der Waals surface area contributed by atoms with Crippen LogP contribution < -0.4 is 10.5 Å². The zero-order valence-corrected chi connectivity index (χ0v) is 13.4. The van der Waals surface area contributed by atoms with Crippen LogP contribution in [0, 0.1) is 0 Å². The fraction of sp³-hybridized carbons (Fsp3) is 0.316. The van der Waals surface area contributed by atoms with E-state index in [2.05, 4.69) is 4.74 Å². The molecule has 0 saturated heterocycles. The largest absolute Gasteiger partial charge is 0.573 e. The monoisotopic (exact) mass is 349 g/mol. The molecular weight excluding hydrogens is 331 g/mol. The number of benzene rings is 2. The molecule has 1 amide bonds. The molecule has 2 aromatic carbocycles. The van der Waals surface area contributed by atoms with Crippen molar-refractivity contribution in [2.24, 2.45) is 5.73 Å². The highest BCUT2D eigenvalue weighted by Crippen LogP contribution is 2.40. The van der Waals surface area contributed by atoms with Crippen LogP contribution in [0.4, 0.5) is 13.2 Å². The summed E-state index contributed by atoms with van der Waals surface area (Å²) in [7, 11) is 0. The first kappa shape index (κ1) is 17.3. The van der Waals surface area contributed by atoms with Crippen molar-refractivity contribution in [1.29, 1.82) is 0 Å². The van der Waals surface area contributed by atoms with Crippen LogP contribution in [0.2, 0.25) is 0 Å². The number of hydrogen-bond acceptors (Lipinski definition) is 2. The van der Waals surface area contributed by atoms with E-state index >= 15 is 0 Å². The van der Waals surface area contributed by atoms with E-state index < -0.39 is 18.2 Å². The topological polar surface area (TPSA) is 52.3 Å². The van der Waals surface area contributed by atoms with Gasteiger partial charge < -0.3 is 10.5 Å². The Labute approximate surface area is 143 Å². The van der Waals surface area contributed by atoms with Gasteiger partial charge in [0.05, 0.1) is 5.92 Å². The van der Waals surface area contributed by atoms with Gasteiger partial charge in [-0.25, -0.2) is 0 Å². The first-order chi connectivity index (χ1) is 11.8. The quantitative estimate of drug-likeness (QED) is 0.846. The lowest BCUT2D eigenvalue weighted by atomic mass is 9.90. The minimum absolute atomic E-state index is 0.329. The van der Waals surface area contributed by atoms with Crippen molar-refractivity contribution >= 4 is 5.91 Å². The minimum atomic E-state index is -4.78. The lowest BCUT2D eigenvalue weighted by Gasteiger charge is -2.16. The molecule has 2 aromatic rings. The van der Waals surface area contributed by atoms with E-state index in [1.807, 2.05) is 24.3 Å². The highest BCUT2D eigenvalue weighted by atomic mass is 19.4. The normalized spacial score (nSPS) is 15.6. The van der Waals surface area contributed by atoms with Crippen molar-refractivity contribution < 1.29 is 22.7 Å². The van der Waals surface area contributed by atoms with Crippen molar-refractivity contribution in [3.63, 3.8) is 0 Å². The van der Waals surface area contributed by atoms with Crippen LogP contribution in [0.5, 0.6) is 5.75 Å². The van der Waals surface area contributed by atoms with Crippen LogP contribution in [0.15, 0.2) is 48.5 Å².